The fraction of sp³-hybridized carbons (Fsp3) is 0.800. The van der Waals surface area contributed by atoms with Gasteiger partial charge in [-0.2, -0.15) is 13.2 Å². The third-order valence-electron chi connectivity index (χ3n) is 1.78. The number of hydrogen-bond donors (Lipinski definition) is 2. The van der Waals surface area contributed by atoms with Crippen molar-refractivity contribution in [1.82, 2.24) is 5.32 Å². The van der Waals surface area contributed by atoms with Crippen molar-refractivity contribution in [3.63, 3.8) is 0 Å². The zero-order valence-corrected chi connectivity index (χ0v) is 10.5. The van der Waals surface area contributed by atoms with Gasteiger partial charge in [0.2, 0.25) is 0 Å². The van der Waals surface area contributed by atoms with Crippen molar-refractivity contribution in [1.29, 1.82) is 0 Å². The molecule has 0 radical (unpaired) electrons. The van der Waals surface area contributed by atoms with Crippen LogP contribution in [0.2, 0.25) is 0 Å². The van der Waals surface area contributed by atoms with E-state index in [4.69, 9.17) is 9.90 Å². The van der Waals surface area contributed by atoms with Crippen molar-refractivity contribution < 1.29 is 32.6 Å². The SMILES string of the molecule is CCCCNC(C)C(=O)OC.O=C(O)C(F)(F)F. The van der Waals surface area contributed by atoms with Gasteiger partial charge in [-0.15, -0.1) is 0 Å². The molecule has 5 nitrogen and oxygen atoms in total. The van der Waals surface area contributed by atoms with Gasteiger partial charge < -0.3 is 15.2 Å². The number of ether oxygens (including phenoxy) is 1. The van der Waals surface area contributed by atoms with Gasteiger partial charge in [-0.3, -0.25) is 4.79 Å². The lowest BCUT2D eigenvalue weighted by Gasteiger charge is -2.09. The van der Waals surface area contributed by atoms with Crippen LogP contribution in [0.3, 0.4) is 0 Å². The molecular formula is C10H18F3NO4. The molecule has 0 fully saturated rings. The summed E-state index contributed by atoms with van der Waals surface area (Å²) in [5.41, 5.74) is 0. The van der Waals surface area contributed by atoms with Crippen molar-refractivity contribution in [2.24, 2.45) is 0 Å². The lowest BCUT2D eigenvalue weighted by molar-refractivity contribution is -0.192. The number of alkyl halides is 3. The molecule has 0 saturated carbocycles. The summed E-state index contributed by atoms with van der Waals surface area (Å²) in [6.07, 6.45) is -2.85. The molecule has 8 heteroatoms. The van der Waals surface area contributed by atoms with Crippen molar-refractivity contribution in [2.45, 2.75) is 38.9 Å². The Hall–Kier alpha value is -1.31. The van der Waals surface area contributed by atoms with Crippen LogP contribution in [0.5, 0.6) is 0 Å². The Morgan fingerprint density at radius 2 is 1.83 bits per heavy atom. The fourth-order valence-electron chi connectivity index (χ4n) is 0.755. The molecule has 18 heavy (non-hydrogen) atoms. The predicted octanol–water partition coefficient (Wildman–Crippen LogP) is 1.57. The first-order chi connectivity index (χ1) is 8.16. The van der Waals surface area contributed by atoms with E-state index in [-0.39, 0.29) is 12.0 Å². The number of unbranched alkanes of at least 4 members (excludes halogenated alkanes) is 1. The van der Waals surface area contributed by atoms with Crippen LogP contribution in [0.25, 0.3) is 0 Å². The molecule has 2 N–H and O–H groups in total. The maximum Gasteiger partial charge on any atom is 0.490 e. The lowest BCUT2D eigenvalue weighted by atomic mass is 10.3. The van der Waals surface area contributed by atoms with Gasteiger partial charge in [-0.25, -0.2) is 4.79 Å². The lowest BCUT2D eigenvalue weighted by Crippen LogP contribution is -2.35. The normalized spacial score (nSPS) is 12.1. The van der Waals surface area contributed by atoms with Crippen LogP contribution in [0, 0.1) is 0 Å². The van der Waals surface area contributed by atoms with Crippen molar-refractivity contribution in [3.8, 4) is 0 Å². The summed E-state index contributed by atoms with van der Waals surface area (Å²) in [7, 11) is 1.40. The van der Waals surface area contributed by atoms with Gasteiger partial charge >= 0.3 is 18.1 Å². The summed E-state index contributed by atoms with van der Waals surface area (Å²) >= 11 is 0. The van der Waals surface area contributed by atoms with Gasteiger partial charge in [0.25, 0.3) is 0 Å². The Labute approximate surface area is 103 Å². The van der Waals surface area contributed by atoms with E-state index in [1.54, 1.807) is 0 Å². The molecule has 0 aliphatic carbocycles. The van der Waals surface area contributed by atoms with Crippen LogP contribution < -0.4 is 5.32 Å². The molecule has 0 aromatic heterocycles. The van der Waals surface area contributed by atoms with E-state index in [1.807, 2.05) is 6.92 Å². The molecule has 0 aliphatic rings. The fourth-order valence-corrected chi connectivity index (χ4v) is 0.755. The smallest absolute Gasteiger partial charge is 0.475 e. The molecule has 0 bridgehead atoms. The van der Waals surface area contributed by atoms with E-state index in [0.29, 0.717) is 0 Å². The van der Waals surface area contributed by atoms with E-state index >= 15 is 0 Å². The highest BCUT2D eigenvalue weighted by Gasteiger charge is 2.38. The highest BCUT2D eigenvalue weighted by atomic mass is 19.4. The van der Waals surface area contributed by atoms with Gasteiger partial charge in [-0.05, 0) is 19.9 Å². The molecule has 0 aliphatic heterocycles. The first kappa shape index (κ1) is 19.0. The van der Waals surface area contributed by atoms with Gasteiger partial charge in [0.05, 0.1) is 7.11 Å². The Morgan fingerprint density at radius 3 is 2.11 bits per heavy atom. The third kappa shape index (κ3) is 11.2. The van der Waals surface area contributed by atoms with Crippen LogP contribution >= 0.6 is 0 Å². The van der Waals surface area contributed by atoms with Crippen molar-refractivity contribution in [2.75, 3.05) is 13.7 Å². The highest BCUT2D eigenvalue weighted by molar-refractivity contribution is 5.75. The minimum Gasteiger partial charge on any atom is -0.475 e. The number of nitrogens with one attached hydrogen (secondary N) is 1. The number of methoxy groups -OCH3 is 1. The van der Waals surface area contributed by atoms with E-state index in [9.17, 15) is 18.0 Å². The maximum absolute atomic E-state index is 10.8. The minimum absolute atomic E-state index is 0.174. The molecule has 0 aromatic carbocycles. The summed E-state index contributed by atoms with van der Waals surface area (Å²) < 4.78 is 36.3. The van der Waals surface area contributed by atoms with Crippen LogP contribution in [0.15, 0.2) is 0 Å². The van der Waals surface area contributed by atoms with Crippen LogP contribution in [0.4, 0.5) is 13.2 Å². The molecule has 1 unspecified atom stereocenters. The Bertz CT molecular complexity index is 256. The van der Waals surface area contributed by atoms with Crippen molar-refractivity contribution in [3.05, 3.63) is 0 Å². The van der Waals surface area contributed by atoms with Crippen LogP contribution in [-0.2, 0) is 14.3 Å². The molecular weight excluding hydrogens is 255 g/mol. The number of hydrogen-bond acceptors (Lipinski definition) is 4. The number of aliphatic carboxylic acids is 1. The maximum atomic E-state index is 10.8. The summed E-state index contributed by atoms with van der Waals surface area (Å²) in [5, 5.41) is 10.2. The zero-order chi connectivity index (χ0) is 14.8. The van der Waals surface area contributed by atoms with Gasteiger partial charge in [-0.1, -0.05) is 13.3 Å². The average Bonchev–Trinajstić information content (AvgIpc) is 2.27. The van der Waals surface area contributed by atoms with Gasteiger partial charge in [0.15, 0.2) is 0 Å². The van der Waals surface area contributed by atoms with Crippen LogP contribution in [0.1, 0.15) is 26.7 Å². The molecule has 0 heterocycles. The predicted molar refractivity (Wildman–Crippen MR) is 58.1 cm³/mol. The second kappa shape index (κ2) is 9.69. The number of carboxylic acid groups (broad SMARTS) is 1. The van der Waals surface area contributed by atoms with E-state index in [0.717, 1.165) is 19.4 Å². The highest BCUT2D eigenvalue weighted by Crippen LogP contribution is 2.13. The van der Waals surface area contributed by atoms with E-state index < -0.39 is 12.1 Å². The quantitative estimate of drug-likeness (QED) is 0.587. The summed E-state index contributed by atoms with van der Waals surface area (Å²) in [4.78, 5) is 19.7. The van der Waals surface area contributed by atoms with Gasteiger partial charge in [0, 0.05) is 0 Å². The number of carbonyl (C=O) groups excluding carboxylic acids is 1. The Morgan fingerprint density at radius 1 is 1.39 bits per heavy atom. The summed E-state index contributed by atoms with van der Waals surface area (Å²) in [5.74, 6) is -2.95. The van der Waals surface area contributed by atoms with E-state index in [2.05, 4.69) is 17.0 Å². The average molecular weight is 273 g/mol. The monoisotopic (exact) mass is 273 g/mol. The number of carbonyl (C=O) groups is 2. The second-order valence-electron chi connectivity index (χ2n) is 3.36. The van der Waals surface area contributed by atoms with Crippen LogP contribution in [-0.4, -0.2) is 42.9 Å². The molecule has 0 rings (SSSR count). The minimum atomic E-state index is -5.08. The molecule has 0 amide bonds. The topological polar surface area (TPSA) is 75.6 Å². The summed E-state index contributed by atoms with van der Waals surface area (Å²) in [6.45, 7) is 4.80. The van der Waals surface area contributed by atoms with Crippen molar-refractivity contribution >= 4 is 11.9 Å². The number of halogens is 3. The Kier molecular flexibility index (Phi) is 10.3. The molecule has 0 aromatic rings. The molecule has 108 valence electrons. The first-order valence-corrected chi connectivity index (χ1v) is 5.28. The molecule has 1 atom stereocenters. The van der Waals surface area contributed by atoms with Gasteiger partial charge in [0.1, 0.15) is 6.04 Å². The standard InChI is InChI=1S/C8H17NO2.C2HF3O2/c1-4-5-6-9-7(2)8(10)11-3;3-2(4,5)1(6)7/h7,9H,4-6H2,1-3H3;(H,6,7). The largest absolute Gasteiger partial charge is 0.490 e. The third-order valence-corrected chi connectivity index (χ3v) is 1.78. The molecule has 0 spiro atoms. The number of rotatable bonds is 5. The Balaban J connectivity index is 0. The number of esters is 1. The number of carboxylic acids is 1. The first-order valence-electron chi connectivity index (χ1n) is 5.28. The van der Waals surface area contributed by atoms with E-state index in [1.165, 1.54) is 7.11 Å². The second-order valence-corrected chi connectivity index (χ2v) is 3.36. The summed E-state index contributed by atoms with van der Waals surface area (Å²) in [6, 6.07) is -0.174. The zero-order valence-electron chi connectivity index (χ0n) is 10.5. The molecule has 0 saturated heterocycles.